The van der Waals surface area contributed by atoms with Crippen molar-refractivity contribution in [3.8, 4) is 0 Å². The van der Waals surface area contributed by atoms with Gasteiger partial charge in [-0.25, -0.2) is 4.98 Å². The molecule has 0 fully saturated rings. The topological polar surface area (TPSA) is 59.1 Å². The number of methoxy groups -OCH3 is 1. The summed E-state index contributed by atoms with van der Waals surface area (Å²) < 4.78 is 5.18. The zero-order valence-electron chi connectivity index (χ0n) is 11.8. The number of hydrogen-bond donors (Lipinski definition) is 2. The van der Waals surface area contributed by atoms with Gasteiger partial charge in [0.1, 0.15) is 5.82 Å². The molecule has 0 spiro atoms. The molecule has 1 rings (SSSR count). The number of aryl methyl sites for hydroxylation is 1. The Balaban J connectivity index is 2.73. The van der Waals surface area contributed by atoms with Crippen molar-refractivity contribution in [1.29, 1.82) is 0 Å². The second-order valence-corrected chi connectivity index (χ2v) is 4.36. The fourth-order valence-electron chi connectivity index (χ4n) is 1.57. The molecule has 0 amide bonds. The zero-order chi connectivity index (χ0) is 13.4. The average Bonchev–Trinajstić information content (AvgIpc) is 2.38. The van der Waals surface area contributed by atoms with Crippen LogP contribution < -0.4 is 10.6 Å². The summed E-state index contributed by atoms with van der Waals surface area (Å²) >= 11 is 0. The van der Waals surface area contributed by atoms with E-state index in [1.807, 2.05) is 13.1 Å². The minimum Gasteiger partial charge on any atom is -0.383 e. The van der Waals surface area contributed by atoms with Crippen LogP contribution in [0.15, 0.2) is 6.20 Å². The molecule has 1 heterocycles. The second kappa shape index (κ2) is 7.87. The predicted octanol–water partition coefficient (Wildman–Crippen LogP) is 2.44. The molecule has 1 atom stereocenters. The molecular formula is C13H24N4O. The Bertz CT molecular complexity index is 357. The van der Waals surface area contributed by atoms with E-state index in [0.29, 0.717) is 12.6 Å². The average molecular weight is 252 g/mol. The number of anilines is 2. The first-order chi connectivity index (χ1) is 8.71. The third-order valence-electron chi connectivity index (χ3n) is 2.71. The lowest BCUT2D eigenvalue weighted by Crippen LogP contribution is -2.25. The van der Waals surface area contributed by atoms with Gasteiger partial charge < -0.3 is 15.4 Å². The van der Waals surface area contributed by atoms with Crippen LogP contribution >= 0.6 is 0 Å². The first kappa shape index (κ1) is 14.7. The van der Waals surface area contributed by atoms with Crippen LogP contribution in [0.5, 0.6) is 0 Å². The lowest BCUT2D eigenvalue weighted by molar-refractivity contribution is 0.184. The summed E-state index contributed by atoms with van der Waals surface area (Å²) in [5, 5.41) is 6.59. The van der Waals surface area contributed by atoms with Gasteiger partial charge in [0, 0.05) is 25.4 Å². The Morgan fingerprint density at radius 1 is 1.39 bits per heavy atom. The Hall–Kier alpha value is -1.36. The van der Waals surface area contributed by atoms with Crippen molar-refractivity contribution in [1.82, 2.24) is 9.97 Å². The van der Waals surface area contributed by atoms with Gasteiger partial charge in [-0.3, -0.25) is 0 Å². The van der Waals surface area contributed by atoms with Gasteiger partial charge in [-0.1, -0.05) is 13.8 Å². The third kappa shape index (κ3) is 4.49. The van der Waals surface area contributed by atoms with E-state index in [9.17, 15) is 0 Å². The maximum absolute atomic E-state index is 5.18. The van der Waals surface area contributed by atoms with Crippen molar-refractivity contribution in [2.75, 3.05) is 30.9 Å². The summed E-state index contributed by atoms with van der Waals surface area (Å²) in [6.45, 7) is 7.82. The molecule has 2 N–H and O–H groups in total. The fraction of sp³-hybridized carbons (Fsp3) is 0.692. The van der Waals surface area contributed by atoms with E-state index in [4.69, 9.17) is 4.74 Å². The van der Waals surface area contributed by atoms with Crippen molar-refractivity contribution >= 4 is 11.8 Å². The van der Waals surface area contributed by atoms with Gasteiger partial charge in [-0.15, -0.1) is 0 Å². The molecule has 5 nitrogen and oxygen atoms in total. The van der Waals surface area contributed by atoms with Crippen LogP contribution in [-0.2, 0) is 4.74 Å². The molecule has 0 saturated carbocycles. The van der Waals surface area contributed by atoms with Crippen LogP contribution in [0.2, 0.25) is 0 Å². The monoisotopic (exact) mass is 252 g/mol. The normalized spacial score (nSPS) is 12.2. The predicted molar refractivity (Wildman–Crippen MR) is 75.1 cm³/mol. The van der Waals surface area contributed by atoms with E-state index in [-0.39, 0.29) is 6.04 Å². The lowest BCUT2D eigenvalue weighted by atomic mass is 10.2. The molecule has 18 heavy (non-hydrogen) atoms. The molecule has 1 aromatic rings. The maximum Gasteiger partial charge on any atom is 0.224 e. The summed E-state index contributed by atoms with van der Waals surface area (Å²) in [5.74, 6) is 1.56. The minimum absolute atomic E-state index is 0.280. The van der Waals surface area contributed by atoms with Crippen LogP contribution in [-0.4, -0.2) is 36.3 Å². The van der Waals surface area contributed by atoms with Crippen molar-refractivity contribution in [2.24, 2.45) is 0 Å². The van der Waals surface area contributed by atoms with E-state index < -0.39 is 0 Å². The highest BCUT2D eigenvalue weighted by molar-refractivity contribution is 5.47. The van der Waals surface area contributed by atoms with Gasteiger partial charge in [0.05, 0.1) is 12.6 Å². The molecule has 0 aliphatic heterocycles. The van der Waals surface area contributed by atoms with Crippen LogP contribution in [0.3, 0.4) is 0 Å². The van der Waals surface area contributed by atoms with Gasteiger partial charge in [0.25, 0.3) is 0 Å². The van der Waals surface area contributed by atoms with E-state index >= 15 is 0 Å². The quantitative estimate of drug-likeness (QED) is 0.744. The van der Waals surface area contributed by atoms with Gasteiger partial charge in [-0.05, 0) is 19.8 Å². The summed E-state index contributed by atoms with van der Waals surface area (Å²) in [7, 11) is 1.71. The highest BCUT2D eigenvalue weighted by Crippen LogP contribution is 2.14. The first-order valence-corrected chi connectivity index (χ1v) is 6.54. The molecule has 0 radical (unpaired) electrons. The molecule has 1 unspecified atom stereocenters. The molecule has 102 valence electrons. The van der Waals surface area contributed by atoms with Crippen LogP contribution in [0.4, 0.5) is 11.8 Å². The standard InChI is InChI=1S/C13H24N4O/c1-5-7-14-13-15-8-10(3)12(17-13)16-11(6-2)9-18-4/h8,11H,5-7,9H2,1-4H3,(H2,14,15,16,17). The molecule has 0 aliphatic rings. The number of hydrogen-bond acceptors (Lipinski definition) is 5. The van der Waals surface area contributed by atoms with Gasteiger partial charge in [-0.2, -0.15) is 4.98 Å². The SMILES string of the molecule is CCCNc1ncc(C)c(NC(CC)COC)n1. The highest BCUT2D eigenvalue weighted by Gasteiger charge is 2.09. The van der Waals surface area contributed by atoms with E-state index in [2.05, 4.69) is 34.4 Å². The van der Waals surface area contributed by atoms with Crippen molar-refractivity contribution < 1.29 is 4.74 Å². The fourth-order valence-corrected chi connectivity index (χ4v) is 1.57. The van der Waals surface area contributed by atoms with E-state index in [1.54, 1.807) is 7.11 Å². The molecule has 5 heteroatoms. The number of ether oxygens (including phenoxy) is 1. The lowest BCUT2D eigenvalue weighted by Gasteiger charge is -2.18. The van der Waals surface area contributed by atoms with Crippen LogP contribution in [0.25, 0.3) is 0 Å². The highest BCUT2D eigenvalue weighted by atomic mass is 16.5. The molecule has 0 aromatic carbocycles. The second-order valence-electron chi connectivity index (χ2n) is 4.36. The van der Waals surface area contributed by atoms with Gasteiger partial charge in [0.15, 0.2) is 0 Å². The zero-order valence-corrected chi connectivity index (χ0v) is 11.8. The molecular weight excluding hydrogens is 228 g/mol. The molecule has 0 saturated heterocycles. The summed E-state index contributed by atoms with van der Waals surface area (Å²) in [6, 6.07) is 0.280. The number of nitrogens with zero attached hydrogens (tertiary/aromatic N) is 2. The van der Waals surface area contributed by atoms with Crippen LogP contribution in [0, 0.1) is 6.92 Å². The summed E-state index contributed by atoms with van der Waals surface area (Å²) in [5.41, 5.74) is 1.05. The van der Waals surface area contributed by atoms with Crippen LogP contribution in [0.1, 0.15) is 32.3 Å². The largest absolute Gasteiger partial charge is 0.383 e. The number of aromatic nitrogens is 2. The van der Waals surface area contributed by atoms with Crippen molar-refractivity contribution in [3.05, 3.63) is 11.8 Å². The molecule has 1 aromatic heterocycles. The number of nitrogens with one attached hydrogen (secondary N) is 2. The van der Waals surface area contributed by atoms with Gasteiger partial charge >= 0.3 is 0 Å². The Morgan fingerprint density at radius 2 is 2.17 bits per heavy atom. The Kier molecular flexibility index (Phi) is 6.43. The third-order valence-corrected chi connectivity index (χ3v) is 2.71. The number of rotatable bonds is 8. The van der Waals surface area contributed by atoms with Crippen molar-refractivity contribution in [3.63, 3.8) is 0 Å². The van der Waals surface area contributed by atoms with Gasteiger partial charge in [0.2, 0.25) is 5.95 Å². The Labute approximate surface area is 109 Å². The maximum atomic E-state index is 5.18. The molecule has 0 aliphatic carbocycles. The Morgan fingerprint density at radius 3 is 2.78 bits per heavy atom. The smallest absolute Gasteiger partial charge is 0.224 e. The van der Waals surface area contributed by atoms with E-state index in [0.717, 1.165) is 30.8 Å². The van der Waals surface area contributed by atoms with E-state index in [1.165, 1.54) is 0 Å². The minimum atomic E-state index is 0.280. The van der Waals surface area contributed by atoms with Crippen molar-refractivity contribution in [2.45, 2.75) is 39.7 Å². The summed E-state index contributed by atoms with van der Waals surface area (Å²) in [4.78, 5) is 8.75. The summed E-state index contributed by atoms with van der Waals surface area (Å²) in [6.07, 6.45) is 3.89. The first-order valence-electron chi connectivity index (χ1n) is 6.54. The molecule has 0 bridgehead atoms.